The summed E-state index contributed by atoms with van der Waals surface area (Å²) in [4.78, 5) is 19.1. The molecule has 1 amide bonds. The summed E-state index contributed by atoms with van der Waals surface area (Å²) in [6, 6.07) is 3.66. The Bertz CT molecular complexity index is 357. The lowest BCUT2D eigenvalue weighted by atomic mass is 10.1. The van der Waals surface area contributed by atoms with Crippen LogP contribution in [0.1, 0.15) is 19.0 Å². The van der Waals surface area contributed by atoms with E-state index in [0.29, 0.717) is 13.0 Å². The van der Waals surface area contributed by atoms with Crippen LogP contribution in [0.2, 0.25) is 0 Å². The first-order valence-electron chi connectivity index (χ1n) is 4.70. The number of nitrogens with one attached hydrogen (secondary N) is 1. The summed E-state index contributed by atoms with van der Waals surface area (Å²) < 4.78 is 0. The maximum Gasteiger partial charge on any atom is 0.237 e. The van der Waals surface area contributed by atoms with Gasteiger partial charge < -0.3 is 5.32 Å². The average Bonchev–Trinajstić information content (AvgIpc) is 2.29. The van der Waals surface area contributed by atoms with Crippen molar-refractivity contribution in [3.05, 3.63) is 24.3 Å². The molecule has 0 aromatic carbocycles. The lowest BCUT2D eigenvalue weighted by molar-refractivity contribution is -0.123. The van der Waals surface area contributed by atoms with E-state index in [2.05, 4.69) is 15.3 Å². The molecular formula is C10H12N4O. The minimum absolute atomic E-state index is 0.251. The number of carbonyl (C=O) groups is 1. The number of aromatic nitrogens is 2. The number of hydrogen-bond donors (Lipinski definition) is 1. The molecule has 0 saturated heterocycles. The number of nitriles is 1. The van der Waals surface area contributed by atoms with Crippen LogP contribution in [0.4, 0.5) is 0 Å². The number of nitrogens with zero attached hydrogens (tertiary/aromatic N) is 3. The van der Waals surface area contributed by atoms with E-state index in [-0.39, 0.29) is 5.91 Å². The third-order valence-electron chi connectivity index (χ3n) is 1.97. The van der Waals surface area contributed by atoms with Gasteiger partial charge in [-0.2, -0.15) is 5.26 Å². The molecular weight excluding hydrogens is 192 g/mol. The zero-order chi connectivity index (χ0) is 11.1. The molecule has 78 valence electrons. The summed E-state index contributed by atoms with van der Waals surface area (Å²) in [6.45, 7) is 2.14. The molecule has 1 aromatic heterocycles. The summed E-state index contributed by atoms with van der Waals surface area (Å²) in [5.74, 6) is -0.828. The highest BCUT2D eigenvalue weighted by molar-refractivity contribution is 5.80. The number of carbonyl (C=O) groups excluding carboxylic acids is 1. The van der Waals surface area contributed by atoms with Crippen LogP contribution in [0, 0.1) is 17.2 Å². The second-order valence-corrected chi connectivity index (χ2v) is 3.01. The SMILES string of the molecule is CCC(C#N)C(=O)NCc1ccncn1. The van der Waals surface area contributed by atoms with Crippen LogP contribution in [-0.2, 0) is 11.3 Å². The van der Waals surface area contributed by atoms with Crippen LogP contribution in [0.5, 0.6) is 0 Å². The molecule has 5 heteroatoms. The Morgan fingerprint density at radius 3 is 3.07 bits per heavy atom. The van der Waals surface area contributed by atoms with Crippen LogP contribution in [-0.4, -0.2) is 15.9 Å². The van der Waals surface area contributed by atoms with E-state index in [0.717, 1.165) is 5.69 Å². The van der Waals surface area contributed by atoms with Crippen molar-refractivity contribution in [1.82, 2.24) is 15.3 Å². The fourth-order valence-electron chi connectivity index (χ4n) is 1.06. The van der Waals surface area contributed by atoms with Gasteiger partial charge in [0.1, 0.15) is 12.2 Å². The van der Waals surface area contributed by atoms with E-state index < -0.39 is 5.92 Å². The second kappa shape index (κ2) is 5.70. The summed E-state index contributed by atoms with van der Waals surface area (Å²) >= 11 is 0. The molecule has 1 N–H and O–H groups in total. The van der Waals surface area contributed by atoms with Crippen molar-refractivity contribution < 1.29 is 4.79 Å². The summed E-state index contributed by atoms with van der Waals surface area (Å²) in [5.41, 5.74) is 0.728. The van der Waals surface area contributed by atoms with Gasteiger partial charge >= 0.3 is 0 Å². The Morgan fingerprint density at radius 2 is 2.53 bits per heavy atom. The van der Waals surface area contributed by atoms with E-state index in [1.54, 1.807) is 19.2 Å². The molecule has 1 heterocycles. The minimum atomic E-state index is -0.577. The first-order valence-corrected chi connectivity index (χ1v) is 4.70. The zero-order valence-electron chi connectivity index (χ0n) is 8.47. The number of amides is 1. The van der Waals surface area contributed by atoms with Gasteiger partial charge in [0.05, 0.1) is 18.3 Å². The van der Waals surface area contributed by atoms with Crippen molar-refractivity contribution in [1.29, 1.82) is 5.26 Å². The molecule has 0 aliphatic heterocycles. The molecule has 0 radical (unpaired) electrons. The molecule has 1 atom stereocenters. The number of rotatable bonds is 4. The molecule has 5 nitrogen and oxygen atoms in total. The third kappa shape index (κ3) is 3.35. The van der Waals surface area contributed by atoms with Gasteiger partial charge in [-0.3, -0.25) is 4.79 Å². The highest BCUT2D eigenvalue weighted by atomic mass is 16.1. The molecule has 0 fully saturated rings. The fraction of sp³-hybridized carbons (Fsp3) is 0.400. The van der Waals surface area contributed by atoms with Gasteiger partial charge in [-0.05, 0) is 12.5 Å². The predicted molar refractivity (Wildman–Crippen MR) is 53.3 cm³/mol. The average molecular weight is 204 g/mol. The Hall–Kier alpha value is -1.96. The fourth-order valence-corrected chi connectivity index (χ4v) is 1.06. The van der Waals surface area contributed by atoms with Crippen molar-refractivity contribution in [2.45, 2.75) is 19.9 Å². The van der Waals surface area contributed by atoms with Crippen LogP contribution in [0.3, 0.4) is 0 Å². The van der Waals surface area contributed by atoms with E-state index in [1.165, 1.54) is 6.33 Å². The van der Waals surface area contributed by atoms with E-state index in [9.17, 15) is 4.79 Å². The summed E-state index contributed by atoms with van der Waals surface area (Å²) in [5, 5.41) is 11.3. The van der Waals surface area contributed by atoms with Gasteiger partial charge in [0.25, 0.3) is 0 Å². The lowest BCUT2D eigenvalue weighted by Crippen LogP contribution is -2.29. The normalized spacial score (nSPS) is 11.5. The second-order valence-electron chi connectivity index (χ2n) is 3.01. The van der Waals surface area contributed by atoms with Crippen LogP contribution in [0.25, 0.3) is 0 Å². The molecule has 0 aliphatic rings. The van der Waals surface area contributed by atoms with Crippen LogP contribution < -0.4 is 5.32 Å². The smallest absolute Gasteiger partial charge is 0.237 e. The van der Waals surface area contributed by atoms with Gasteiger partial charge in [-0.1, -0.05) is 6.92 Å². The topological polar surface area (TPSA) is 78.7 Å². The van der Waals surface area contributed by atoms with E-state index >= 15 is 0 Å². The highest BCUT2D eigenvalue weighted by Gasteiger charge is 2.14. The first kappa shape index (κ1) is 11.1. The van der Waals surface area contributed by atoms with Crippen molar-refractivity contribution in [3.63, 3.8) is 0 Å². The van der Waals surface area contributed by atoms with Gasteiger partial charge in [0.15, 0.2) is 0 Å². The summed E-state index contributed by atoms with van der Waals surface area (Å²) in [7, 11) is 0. The molecule has 1 unspecified atom stereocenters. The van der Waals surface area contributed by atoms with Crippen molar-refractivity contribution in [2.75, 3.05) is 0 Å². The molecule has 0 bridgehead atoms. The summed E-state index contributed by atoms with van der Waals surface area (Å²) in [6.07, 6.45) is 3.55. The molecule has 0 spiro atoms. The quantitative estimate of drug-likeness (QED) is 0.780. The van der Waals surface area contributed by atoms with E-state index in [4.69, 9.17) is 5.26 Å². The minimum Gasteiger partial charge on any atom is -0.349 e. The Labute approximate surface area is 88.2 Å². The van der Waals surface area contributed by atoms with Gasteiger partial charge in [0.2, 0.25) is 5.91 Å². The molecule has 15 heavy (non-hydrogen) atoms. The molecule has 1 aromatic rings. The first-order chi connectivity index (χ1) is 7.27. The highest BCUT2D eigenvalue weighted by Crippen LogP contribution is 2.00. The molecule has 0 aliphatic carbocycles. The standard InChI is InChI=1S/C10H12N4O/c1-2-8(5-11)10(15)13-6-9-3-4-12-7-14-9/h3-4,7-8H,2,6H2,1H3,(H,13,15). The maximum atomic E-state index is 11.4. The van der Waals surface area contributed by atoms with E-state index in [1.807, 2.05) is 6.07 Å². The zero-order valence-corrected chi connectivity index (χ0v) is 8.47. The number of hydrogen-bond acceptors (Lipinski definition) is 4. The van der Waals surface area contributed by atoms with Crippen molar-refractivity contribution in [2.24, 2.45) is 5.92 Å². The monoisotopic (exact) mass is 204 g/mol. The Balaban J connectivity index is 2.45. The Kier molecular flexibility index (Phi) is 4.23. The van der Waals surface area contributed by atoms with Crippen molar-refractivity contribution in [3.8, 4) is 6.07 Å². The maximum absolute atomic E-state index is 11.4. The molecule has 0 saturated carbocycles. The van der Waals surface area contributed by atoms with Crippen LogP contribution >= 0.6 is 0 Å². The van der Waals surface area contributed by atoms with Gasteiger partial charge in [0, 0.05) is 6.20 Å². The predicted octanol–water partition coefficient (Wildman–Crippen LogP) is 0.643. The van der Waals surface area contributed by atoms with Gasteiger partial charge in [-0.15, -0.1) is 0 Å². The molecule has 1 rings (SSSR count). The van der Waals surface area contributed by atoms with Crippen LogP contribution in [0.15, 0.2) is 18.6 Å². The third-order valence-corrected chi connectivity index (χ3v) is 1.97. The largest absolute Gasteiger partial charge is 0.349 e. The van der Waals surface area contributed by atoms with Gasteiger partial charge in [-0.25, -0.2) is 9.97 Å². The lowest BCUT2D eigenvalue weighted by Gasteiger charge is -2.07. The Morgan fingerprint density at radius 1 is 1.73 bits per heavy atom. The van der Waals surface area contributed by atoms with Crippen molar-refractivity contribution >= 4 is 5.91 Å².